The lowest BCUT2D eigenvalue weighted by molar-refractivity contribution is -0.124. The van der Waals surface area contributed by atoms with Crippen LogP contribution in [0.5, 0.6) is 0 Å². The number of hydrogen-bond donors (Lipinski definition) is 3. The Morgan fingerprint density at radius 2 is 1.64 bits per heavy atom. The molecule has 1 fully saturated rings. The van der Waals surface area contributed by atoms with Crippen molar-refractivity contribution in [2.45, 2.75) is 24.7 Å². The van der Waals surface area contributed by atoms with Gasteiger partial charge in [-0.2, -0.15) is 0 Å². The first kappa shape index (κ1) is 17.0. The molecule has 0 aliphatic heterocycles. The van der Waals surface area contributed by atoms with Crippen LogP contribution in [-0.2, 0) is 10.2 Å². The Hall–Kier alpha value is -2.89. The minimum Gasteiger partial charge on any atom is -0.341 e. The molecule has 6 heteroatoms. The van der Waals surface area contributed by atoms with Crippen molar-refractivity contribution in [1.82, 2.24) is 5.32 Å². The molecule has 1 saturated carbocycles. The van der Waals surface area contributed by atoms with Crippen LogP contribution in [0.2, 0.25) is 0 Å². The molecule has 25 heavy (non-hydrogen) atoms. The van der Waals surface area contributed by atoms with Gasteiger partial charge >= 0.3 is 6.03 Å². The van der Waals surface area contributed by atoms with Gasteiger partial charge in [0.2, 0.25) is 5.91 Å². The van der Waals surface area contributed by atoms with E-state index in [1.807, 2.05) is 0 Å². The van der Waals surface area contributed by atoms with E-state index in [0.29, 0.717) is 29.8 Å². The first-order valence-electron chi connectivity index (χ1n) is 8.20. The van der Waals surface area contributed by atoms with Gasteiger partial charge in [-0.05, 0) is 54.8 Å². The Labute approximate surface area is 145 Å². The number of benzene rings is 2. The second-order valence-electron chi connectivity index (χ2n) is 6.18. The number of halogens is 1. The topological polar surface area (TPSA) is 70.2 Å². The zero-order valence-electron chi connectivity index (χ0n) is 13.9. The number of carbonyl (C=O) groups excluding carboxylic acids is 2. The Morgan fingerprint density at radius 1 is 1.00 bits per heavy atom. The lowest BCUT2D eigenvalue weighted by Crippen LogP contribution is -2.46. The van der Waals surface area contributed by atoms with Crippen LogP contribution in [0.15, 0.2) is 48.5 Å². The average molecular weight is 341 g/mol. The molecule has 0 aromatic heterocycles. The molecule has 0 spiro atoms. The normalized spacial score (nSPS) is 15.0. The quantitative estimate of drug-likeness (QED) is 0.795. The third-order valence-corrected chi connectivity index (χ3v) is 4.65. The van der Waals surface area contributed by atoms with Gasteiger partial charge < -0.3 is 16.0 Å². The molecule has 0 radical (unpaired) electrons. The maximum atomic E-state index is 13.6. The van der Waals surface area contributed by atoms with Crippen molar-refractivity contribution in [3.63, 3.8) is 0 Å². The van der Waals surface area contributed by atoms with E-state index >= 15 is 0 Å². The number of rotatable bonds is 4. The molecule has 1 aliphatic rings. The van der Waals surface area contributed by atoms with E-state index in [1.54, 1.807) is 36.4 Å². The Morgan fingerprint density at radius 3 is 2.16 bits per heavy atom. The third kappa shape index (κ3) is 3.47. The first-order valence-corrected chi connectivity index (χ1v) is 8.20. The van der Waals surface area contributed by atoms with Gasteiger partial charge in [0.1, 0.15) is 5.82 Å². The van der Waals surface area contributed by atoms with Crippen molar-refractivity contribution in [3.05, 3.63) is 59.9 Å². The van der Waals surface area contributed by atoms with Crippen LogP contribution in [0, 0.1) is 5.82 Å². The predicted octanol–water partition coefficient (Wildman–Crippen LogP) is 3.64. The van der Waals surface area contributed by atoms with Crippen molar-refractivity contribution < 1.29 is 14.0 Å². The Bertz CT molecular complexity index is 786. The highest BCUT2D eigenvalue weighted by atomic mass is 19.1. The van der Waals surface area contributed by atoms with Crippen molar-refractivity contribution in [3.8, 4) is 0 Å². The van der Waals surface area contributed by atoms with E-state index < -0.39 is 5.41 Å². The summed E-state index contributed by atoms with van der Waals surface area (Å²) in [6.45, 7) is 0. The van der Waals surface area contributed by atoms with Crippen LogP contribution in [0.4, 0.5) is 20.6 Å². The van der Waals surface area contributed by atoms with E-state index in [2.05, 4.69) is 16.0 Å². The number of urea groups is 1. The van der Waals surface area contributed by atoms with Gasteiger partial charge in [-0.15, -0.1) is 0 Å². The molecule has 0 heterocycles. The minimum atomic E-state index is -0.666. The molecular formula is C19H20FN3O2. The molecule has 130 valence electrons. The maximum Gasteiger partial charge on any atom is 0.318 e. The molecule has 2 aromatic rings. The second-order valence-corrected chi connectivity index (χ2v) is 6.18. The van der Waals surface area contributed by atoms with Crippen molar-refractivity contribution in [2.24, 2.45) is 0 Å². The number of hydrogen-bond acceptors (Lipinski definition) is 2. The first-order chi connectivity index (χ1) is 12.0. The Kier molecular flexibility index (Phi) is 4.70. The number of carbonyl (C=O) groups is 2. The summed E-state index contributed by atoms with van der Waals surface area (Å²) in [5, 5.41) is 8.03. The largest absolute Gasteiger partial charge is 0.341 e. The summed E-state index contributed by atoms with van der Waals surface area (Å²) in [6, 6.07) is 12.8. The zero-order valence-corrected chi connectivity index (χ0v) is 13.9. The number of nitrogens with one attached hydrogen (secondary N) is 3. The van der Waals surface area contributed by atoms with Crippen molar-refractivity contribution in [2.75, 3.05) is 17.7 Å². The molecule has 3 amide bonds. The average Bonchev–Trinajstić information content (AvgIpc) is 2.55. The summed E-state index contributed by atoms with van der Waals surface area (Å²) in [5.74, 6) is -0.461. The fourth-order valence-electron chi connectivity index (χ4n) is 3.04. The highest BCUT2D eigenvalue weighted by Gasteiger charge is 2.45. The van der Waals surface area contributed by atoms with Gasteiger partial charge in [0.05, 0.1) is 5.41 Å². The summed E-state index contributed by atoms with van der Waals surface area (Å²) in [6.07, 6.45) is 2.36. The molecule has 5 nitrogen and oxygen atoms in total. The molecule has 0 unspecified atom stereocenters. The maximum absolute atomic E-state index is 13.6. The van der Waals surface area contributed by atoms with Crippen LogP contribution in [0.3, 0.4) is 0 Å². The molecule has 0 saturated heterocycles. The second kappa shape index (κ2) is 6.93. The van der Waals surface area contributed by atoms with Gasteiger partial charge in [-0.1, -0.05) is 18.6 Å². The van der Waals surface area contributed by atoms with E-state index in [4.69, 9.17) is 0 Å². The van der Waals surface area contributed by atoms with Crippen LogP contribution in [-0.4, -0.2) is 19.0 Å². The number of amides is 3. The third-order valence-electron chi connectivity index (χ3n) is 4.65. The molecule has 0 atom stereocenters. The summed E-state index contributed by atoms with van der Waals surface area (Å²) < 4.78 is 13.6. The lowest BCUT2D eigenvalue weighted by atomic mass is 9.63. The standard InChI is InChI=1S/C19H20FN3O2/c1-21-18(25)23-16-8-6-15(7-9-16)22-17(24)19(10-3-11-19)13-4-2-5-14(20)12-13/h2,4-9,12H,3,10-11H2,1H3,(H,22,24)(H2,21,23,25). The van der Waals surface area contributed by atoms with Crippen LogP contribution < -0.4 is 16.0 Å². The summed E-state index contributed by atoms with van der Waals surface area (Å²) in [7, 11) is 1.54. The van der Waals surface area contributed by atoms with E-state index in [9.17, 15) is 14.0 Å². The van der Waals surface area contributed by atoms with E-state index in [-0.39, 0.29) is 17.8 Å². The molecule has 3 N–H and O–H groups in total. The fraction of sp³-hybridized carbons (Fsp3) is 0.263. The monoisotopic (exact) mass is 341 g/mol. The van der Waals surface area contributed by atoms with Gasteiger partial charge in [0, 0.05) is 18.4 Å². The lowest BCUT2D eigenvalue weighted by Gasteiger charge is -2.40. The summed E-state index contributed by atoms with van der Waals surface area (Å²) >= 11 is 0. The SMILES string of the molecule is CNC(=O)Nc1ccc(NC(=O)C2(c3cccc(F)c3)CCC2)cc1. The van der Waals surface area contributed by atoms with Gasteiger partial charge in [0.15, 0.2) is 0 Å². The number of anilines is 2. The smallest absolute Gasteiger partial charge is 0.318 e. The minimum absolute atomic E-state index is 0.128. The van der Waals surface area contributed by atoms with E-state index in [1.165, 1.54) is 19.2 Å². The summed E-state index contributed by atoms with van der Waals surface area (Å²) in [4.78, 5) is 24.1. The van der Waals surface area contributed by atoms with Gasteiger partial charge in [-0.3, -0.25) is 4.79 Å². The highest BCUT2D eigenvalue weighted by molar-refractivity contribution is 6.00. The van der Waals surface area contributed by atoms with Crippen LogP contribution in [0.25, 0.3) is 0 Å². The molecule has 3 rings (SSSR count). The van der Waals surface area contributed by atoms with Gasteiger partial charge in [-0.25, -0.2) is 9.18 Å². The van der Waals surface area contributed by atoms with Crippen molar-refractivity contribution in [1.29, 1.82) is 0 Å². The molecule has 0 bridgehead atoms. The zero-order chi connectivity index (χ0) is 17.9. The molecule has 2 aromatic carbocycles. The van der Waals surface area contributed by atoms with E-state index in [0.717, 1.165) is 6.42 Å². The summed E-state index contributed by atoms with van der Waals surface area (Å²) in [5.41, 5.74) is 1.31. The van der Waals surface area contributed by atoms with Crippen molar-refractivity contribution >= 4 is 23.3 Å². The van der Waals surface area contributed by atoms with Gasteiger partial charge in [0.25, 0.3) is 0 Å². The fourth-order valence-corrected chi connectivity index (χ4v) is 3.04. The Balaban J connectivity index is 1.73. The van der Waals surface area contributed by atoms with Crippen LogP contribution >= 0.6 is 0 Å². The van der Waals surface area contributed by atoms with Crippen LogP contribution in [0.1, 0.15) is 24.8 Å². The predicted molar refractivity (Wildman–Crippen MR) is 95.1 cm³/mol. The highest BCUT2D eigenvalue weighted by Crippen LogP contribution is 2.44. The molecule has 1 aliphatic carbocycles. The molecular weight excluding hydrogens is 321 g/mol.